The number of furan rings is 1. The highest BCUT2D eigenvalue weighted by atomic mass is 32.2. The van der Waals surface area contributed by atoms with Gasteiger partial charge in [0.15, 0.2) is 6.54 Å². The Balaban J connectivity index is 1.71. The van der Waals surface area contributed by atoms with Gasteiger partial charge in [-0.2, -0.15) is 13.0 Å². The maximum atomic E-state index is 11.9. The number of aryl methyl sites for hydroxylation is 2. The second-order valence-corrected chi connectivity index (χ2v) is 7.85. The molecule has 2 heterocycles. The molecular formula is C19H18NO5S+. The van der Waals surface area contributed by atoms with Gasteiger partial charge in [-0.1, -0.05) is 30.3 Å². The minimum absolute atomic E-state index is 0.229. The molecule has 0 bridgehead atoms. The Bertz CT molecular complexity index is 1170. The molecule has 1 atom stereocenters. The van der Waals surface area contributed by atoms with Crippen molar-refractivity contribution >= 4 is 32.2 Å². The smallest absolute Gasteiger partial charge is 0.344 e. The van der Waals surface area contributed by atoms with Gasteiger partial charge < -0.3 is 8.83 Å². The highest BCUT2D eigenvalue weighted by Gasteiger charge is 2.29. The predicted molar refractivity (Wildman–Crippen MR) is 96.3 cm³/mol. The third-order valence-corrected chi connectivity index (χ3v) is 5.84. The maximum Gasteiger partial charge on any atom is 0.344 e. The number of hydrogen-bond acceptors (Lipinski definition) is 4. The summed E-state index contributed by atoms with van der Waals surface area (Å²) >= 11 is 0. The van der Waals surface area contributed by atoms with E-state index in [1.165, 1.54) is 0 Å². The number of aromatic nitrogens is 1. The normalized spacial score (nSPS) is 13.5. The number of oxazole rings is 1. The van der Waals surface area contributed by atoms with Crippen LogP contribution >= 0.6 is 0 Å². The van der Waals surface area contributed by atoms with Crippen LogP contribution in [0.2, 0.25) is 0 Å². The first-order chi connectivity index (χ1) is 12.4. The summed E-state index contributed by atoms with van der Waals surface area (Å²) in [7, 11) is -4.22. The Morgan fingerprint density at radius 2 is 1.88 bits per heavy atom. The molecule has 4 aromatic rings. The lowest BCUT2D eigenvalue weighted by atomic mass is 10.1. The van der Waals surface area contributed by atoms with Gasteiger partial charge >= 0.3 is 5.89 Å². The minimum atomic E-state index is -4.22. The zero-order chi connectivity index (χ0) is 18.3. The van der Waals surface area contributed by atoms with Crippen molar-refractivity contribution < 1.29 is 26.4 Å². The Morgan fingerprint density at radius 1 is 1.12 bits per heavy atom. The summed E-state index contributed by atoms with van der Waals surface area (Å²) in [6.45, 7) is 2.22. The largest absolute Gasteiger partial charge is 0.464 e. The van der Waals surface area contributed by atoms with E-state index in [1.807, 2.05) is 35.8 Å². The first-order valence-corrected chi connectivity index (χ1v) is 9.75. The molecule has 6 nitrogen and oxygen atoms in total. The SMILES string of the molecule is Cc1oc2cc3occc3cc2[n+]1CCC(c1ccccc1)S(=O)(=O)O. The van der Waals surface area contributed by atoms with Crippen LogP contribution in [0.15, 0.2) is 63.6 Å². The van der Waals surface area contributed by atoms with E-state index in [0.717, 1.165) is 16.5 Å². The minimum Gasteiger partial charge on any atom is -0.464 e. The van der Waals surface area contributed by atoms with E-state index < -0.39 is 15.4 Å². The lowest BCUT2D eigenvalue weighted by molar-refractivity contribution is -0.683. The Hall–Kier alpha value is -2.64. The molecular weight excluding hydrogens is 354 g/mol. The van der Waals surface area contributed by atoms with Crippen LogP contribution in [0.4, 0.5) is 0 Å². The van der Waals surface area contributed by atoms with Crippen molar-refractivity contribution in [1.82, 2.24) is 0 Å². The molecule has 1 unspecified atom stereocenters. The third kappa shape index (κ3) is 3.00. The van der Waals surface area contributed by atoms with Crippen LogP contribution in [0.1, 0.15) is 23.1 Å². The van der Waals surface area contributed by atoms with Crippen molar-refractivity contribution in [3.63, 3.8) is 0 Å². The van der Waals surface area contributed by atoms with Gasteiger partial charge in [0, 0.05) is 23.9 Å². The topological polar surface area (TPSA) is 84.5 Å². The molecule has 0 spiro atoms. The van der Waals surface area contributed by atoms with Gasteiger partial charge in [-0.05, 0) is 11.6 Å². The van der Waals surface area contributed by atoms with Gasteiger partial charge in [0.2, 0.25) is 5.58 Å². The monoisotopic (exact) mass is 372 g/mol. The number of hydrogen-bond donors (Lipinski definition) is 1. The number of benzene rings is 2. The Kier molecular flexibility index (Phi) is 4.05. The van der Waals surface area contributed by atoms with Crippen LogP contribution in [0.5, 0.6) is 0 Å². The van der Waals surface area contributed by atoms with Crippen molar-refractivity contribution in [2.75, 3.05) is 0 Å². The van der Waals surface area contributed by atoms with Crippen molar-refractivity contribution in [3.05, 3.63) is 66.2 Å². The van der Waals surface area contributed by atoms with Crippen LogP contribution in [0.25, 0.3) is 22.1 Å². The van der Waals surface area contributed by atoms with Gasteiger partial charge in [-0.3, -0.25) is 4.55 Å². The highest BCUT2D eigenvalue weighted by molar-refractivity contribution is 7.86. The first kappa shape index (κ1) is 16.8. The van der Waals surface area contributed by atoms with Crippen molar-refractivity contribution in [2.24, 2.45) is 0 Å². The van der Waals surface area contributed by atoms with Gasteiger partial charge in [0.1, 0.15) is 10.8 Å². The van der Waals surface area contributed by atoms with E-state index in [2.05, 4.69) is 0 Å². The quantitative estimate of drug-likeness (QED) is 0.425. The first-order valence-electron chi connectivity index (χ1n) is 8.25. The van der Waals surface area contributed by atoms with Crippen molar-refractivity contribution in [1.29, 1.82) is 0 Å². The van der Waals surface area contributed by atoms with Crippen molar-refractivity contribution in [3.8, 4) is 0 Å². The molecule has 4 rings (SSSR count). The lowest BCUT2D eigenvalue weighted by Gasteiger charge is -2.12. The van der Waals surface area contributed by atoms with E-state index in [4.69, 9.17) is 8.83 Å². The lowest BCUT2D eigenvalue weighted by Crippen LogP contribution is -2.36. The molecule has 2 aromatic carbocycles. The Morgan fingerprint density at radius 3 is 2.62 bits per heavy atom. The number of nitrogens with zero attached hydrogens (tertiary/aromatic N) is 1. The molecule has 0 fully saturated rings. The van der Waals surface area contributed by atoms with Gasteiger partial charge in [0.25, 0.3) is 15.6 Å². The maximum absolute atomic E-state index is 11.9. The number of fused-ring (bicyclic) bond motifs is 2. The van der Waals surface area contributed by atoms with E-state index in [9.17, 15) is 13.0 Å². The Labute approximate surface area is 150 Å². The molecule has 134 valence electrons. The summed E-state index contributed by atoms with van der Waals surface area (Å²) in [6, 6.07) is 14.4. The number of rotatable bonds is 5. The summed E-state index contributed by atoms with van der Waals surface area (Å²) in [5.41, 5.74) is 2.84. The second kappa shape index (κ2) is 6.26. The van der Waals surface area contributed by atoms with Crippen LogP contribution in [0.3, 0.4) is 0 Å². The molecule has 1 N–H and O–H groups in total. The fourth-order valence-electron chi connectivity index (χ4n) is 3.33. The van der Waals surface area contributed by atoms with Crippen LogP contribution < -0.4 is 4.57 Å². The fourth-order valence-corrected chi connectivity index (χ4v) is 4.24. The molecule has 26 heavy (non-hydrogen) atoms. The standard InChI is InChI=1S/C19H17NO5S/c1-13-20(16-11-15-8-10-24-17(15)12-18(16)25-13)9-7-19(26(21,22)23)14-5-3-2-4-6-14/h2-6,8,10-12,19H,7,9H2,1H3/p+1. The van der Waals surface area contributed by atoms with Crippen LogP contribution in [0, 0.1) is 6.92 Å². The van der Waals surface area contributed by atoms with E-state index in [0.29, 0.717) is 23.6 Å². The van der Waals surface area contributed by atoms with E-state index in [1.54, 1.807) is 30.5 Å². The summed E-state index contributed by atoms with van der Waals surface area (Å²) in [6.07, 6.45) is 1.84. The average Bonchev–Trinajstić information content (AvgIpc) is 3.16. The van der Waals surface area contributed by atoms with Crippen molar-refractivity contribution in [2.45, 2.75) is 25.1 Å². The predicted octanol–water partition coefficient (Wildman–Crippen LogP) is 3.79. The summed E-state index contributed by atoms with van der Waals surface area (Å²) in [4.78, 5) is 0. The van der Waals surface area contributed by atoms with Gasteiger partial charge in [-0.25, -0.2) is 0 Å². The summed E-state index contributed by atoms with van der Waals surface area (Å²) < 4.78 is 46.6. The zero-order valence-electron chi connectivity index (χ0n) is 14.1. The van der Waals surface area contributed by atoms with Gasteiger partial charge in [-0.15, -0.1) is 0 Å². The third-order valence-electron chi connectivity index (χ3n) is 4.61. The van der Waals surface area contributed by atoms with E-state index in [-0.39, 0.29) is 6.42 Å². The van der Waals surface area contributed by atoms with Crippen LogP contribution in [-0.4, -0.2) is 13.0 Å². The second-order valence-electron chi connectivity index (χ2n) is 6.25. The summed E-state index contributed by atoms with van der Waals surface area (Å²) in [5, 5.41) is -0.0420. The molecule has 0 radical (unpaired) electrons. The molecule has 0 amide bonds. The molecule has 2 aromatic heterocycles. The molecule has 0 aliphatic heterocycles. The summed E-state index contributed by atoms with van der Waals surface area (Å²) in [5.74, 6) is 0.662. The highest BCUT2D eigenvalue weighted by Crippen LogP contribution is 2.27. The van der Waals surface area contributed by atoms with Gasteiger partial charge in [0.05, 0.1) is 13.2 Å². The van der Waals surface area contributed by atoms with Crippen LogP contribution in [-0.2, 0) is 16.7 Å². The molecule has 0 saturated carbocycles. The molecule has 0 aliphatic carbocycles. The fraction of sp³-hybridized carbons (Fsp3) is 0.211. The molecule has 7 heteroatoms. The molecule has 0 aliphatic rings. The van der Waals surface area contributed by atoms with E-state index >= 15 is 0 Å². The molecule has 0 saturated heterocycles. The zero-order valence-corrected chi connectivity index (χ0v) is 14.9. The average molecular weight is 372 g/mol.